The molecule has 2 rings (SSSR count). The average Bonchev–Trinajstić information content (AvgIpc) is 3.08. The topological polar surface area (TPSA) is 195 Å². The van der Waals surface area contributed by atoms with Crippen LogP contribution in [0.1, 0.15) is 33.1 Å². The van der Waals surface area contributed by atoms with Crippen molar-refractivity contribution in [2.45, 2.75) is 80.4 Å². The Morgan fingerprint density at radius 2 is 1.80 bits per heavy atom. The second-order valence-electron chi connectivity index (χ2n) is 8.87. The van der Waals surface area contributed by atoms with Gasteiger partial charge in [-0.3, -0.25) is 18.7 Å². The summed E-state index contributed by atoms with van der Waals surface area (Å²) in [6.45, 7) is 4.34. The lowest BCUT2D eigenvalue weighted by Gasteiger charge is -2.46. The summed E-state index contributed by atoms with van der Waals surface area (Å²) in [5.41, 5.74) is -1.18. The van der Waals surface area contributed by atoms with Crippen LogP contribution in [-0.4, -0.2) is 103 Å². The monoisotopic (exact) mass is 584 g/mol. The molecule has 6 N–H and O–H groups in total. The summed E-state index contributed by atoms with van der Waals surface area (Å²) in [5.74, 6) is -0.0246. The molecule has 0 aromatic heterocycles. The number of thioether (sulfide) groups is 1. The van der Waals surface area contributed by atoms with E-state index < -0.39 is 63.0 Å². The largest absolute Gasteiger partial charge is 0.470 e. The van der Waals surface area contributed by atoms with Gasteiger partial charge in [-0.05, 0) is 39.0 Å². The number of phosphoric acid groups is 2. The standard InChI is InChI=1S/C18H35ClN2O11P2S/c1-5-6-10-7-11(21(3)8-10)17(23)20-12(9(2)19)14-15(31-33(24,25)26)13(22)16(18(30-14)35-4)32-34(27,28)29/h9-16,18,22H,5-8H2,1-4H3,(H,20,23)(H2,24,25,26)(H2,27,28,29)/t9-,10+,11-,12+,13-,14+,15+,16+,18+/m0/s1. The molecule has 0 radical (unpaired) electrons. The molecule has 0 saturated carbocycles. The van der Waals surface area contributed by atoms with Gasteiger partial charge in [0.1, 0.15) is 29.9 Å². The fourth-order valence-electron chi connectivity index (χ4n) is 4.63. The number of nitrogens with zero attached hydrogens (tertiary/aromatic N) is 1. The Morgan fingerprint density at radius 3 is 2.29 bits per heavy atom. The number of aliphatic hydroxyl groups excluding tert-OH is 1. The number of likely N-dealkylation sites (tertiary alicyclic amines) is 1. The molecule has 0 aromatic carbocycles. The minimum absolute atomic E-state index is 0.345. The predicted molar refractivity (Wildman–Crippen MR) is 129 cm³/mol. The van der Waals surface area contributed by atoms with E-state index in [9.17, 15) is 38.6 Å². The number of phosphoric ester groups is 2. The van der Waals surface area contributed by atoms with Crippen LogP contribution in [0.2, 0.25) is 0 Å². The van der Waals surface area contributed by atoms with E-state index in [0.29, 0.717) is 12.3 Å². The number of nitrogens with one attached hydrogen (secondary N) is 1. The highest BCUT2D eigenvalue weighted by atomic mass is 35.5. The van der Waals surface area contributed by atoms with E-state index in [4.69, 9.17) is 20.9 Å². The van der Waals surface area contributed by atoms with E-state index in [-0.39, 0.29) is 5.91 Å². The van der Waals surface area contributed by atoms with Gasteiger partial charge in [0.05, 0.1) is 17.5 Å². The van der Waals surface area contributed by atoms with Gasteiger partial charge >= 0.3 is 15.6 Å². The van der Waals surface area contributed by atoms with Crippen molar-refractivity contribution in [3.8, 4) is 0 Å². The van der Waals surface area contributed by atoms with Crippen LogP contribution in [0, 0.1) is 5.92 Å². The Balaban J connectivity index is 2.34. The second kappa shape index (κ2) is 12.8. The Morgan fingerprint density at radius 1 is 1.23 bits per heavy atom. The maximum absolute atomic E-state index is 13.2. The van der Waals surface area contributed by atoms with Crippen LogP contribution in [0.25, 0.3) is 0 Å². The fraction of sp³-hybridized carbons (Fsp3) is 0.944. The zero-order valence-electron chi connectivity index (χ0n) is 19.8. The third-order valence-corrected chi connectivity index (χ3v) is 8.25. The Kier molecular flexibility index (Phi) is 11.5. The molecule has 2 heterocycles. The lowest BCUT2D eigenvalue weighted by Crippen LogP contribution is -2.65. The molecule has 35 heavy (non-hydrogen) atoms. The number of likely N-dealkylation sites (N-methyl/N-ethyl adjacent to an activating group) is 1. The summed E-state index contributed by atoms with van der Waals surface area (Å²) in [6, 6.07) is -1.54. The van der Waals surface area contributed by atoms with Gasteiger partial charge in [0, 0.05) is 6.54 Å². The smallest absolute Gasteiger partial charge is 0.387 e. The van der Waals surface area contributed by atoms with Gasteiger partial charge in [0.2, 0.25) is 5.91 Å². The van der Waals surface area contributed by atoms with Gasteiger partial charge in [-0.1, -0.05) is 13.3 Å². The van der Waals surface area contributed by atoms with E-state index in [1.54, 1.807) is 0 Å². The van der Waals surface area contributed by atoms with Crippen molar-refractivity contribution < 1.29 is 52.4 Å². The van der Waals surface area contributed by atoms with Crippen LogP contribution >= 0.6 is 39.0 Å². The van der Waals surface area contributed by atoms with Crippen LogP contribution < -0.4 is 5.32 Å². The van der Waals surface area contributed by atoms with E-state index >= 15 is 0 Å². The van der Waals surface area contributed by atoms with Gasteiger partial charge in [0.25, 0.3) is 0 Å². The number of amides is 1. The van der Waals surface area contributed by atoms with Crippen molar-refractivity contribution in [3.63, 3.8) is 0 Å². The van der Waals surface area contributed by atoms with Crippen LogP contribution in [0.4, 0.5) is 0 Å². The number of carbonyl (C=O) groups is 1. The molecule has 17 heteroatoms. The molecule has 0 unspecified atom stereocenters. The molecule has 2 fully saturated rings. The highest BCUT2D eigenvalue weighted by Crippen LogP contribution is 2.47. The summed E-state index contributed by atoms with van der Waals surface area (Å²) < 4.78 is 38.4. The molecule has 0 aliphatic carbocycles. The average molecular weight is 585 g/mol. The van der Waals surface area contributed by atoms with Gasteiger partial charge in [-0.25, -0.2) is 9.13 Å². The van der Waals surface area contributed by atoms with E-state index in [1.165, 1.54) is 13.2 Å². The number of halogens is 1. The van der Waals surface area contributed by atoms with Gasteiger partial charge in [0.15, 0.2) is 0 Å². The van der Waals surface area contributed by atoms with Crippen LogP contribution in [-0.2, 0) is 27.7 Å². The number of aliphatic hydroxyl groups is 1. The van der Waals surface area contributed by atoms with E-state index in [1.807, 2.05) is 11.9 Å². The van der Waals surface area contributed by atoms with Crippen LogP contribution in [0.15, 0.2) is 0 Å². The molecule has 2 saturated heterocycles. The fourth-order valence-corrected chi connectivity index (χ4v) is 6.76. The van der Waals surface area contributed by atoms with Crippen LogP contribution in [0.5, 0.6) is 0 Å². The normalized spacial score (nSPS) is 34.5. The van der Waals surface area contributed by atoms with E-state index in [2.05, 4.69) is 16.8 Å². The van der Waals surface area contributed by atoms with Crippen molar-refractivity contribution in [2.24, 2.45) is 5.92 Å². The molecule has 13 nitrogen and oxygen atoms in total. The highest BCUT2D eigenvalue weighted by molar-refractivity contribution is 7.99. The van der Waals surface area contributed by atoms with Gasteiger partial charge in [-0.2, -0.15) is 0 Å². The number of hydrogen-bond acceptors (Lipinski definition) is 9. The molecular formula is C18H35ClN2O11P2S. The summed E-state index contributed by atoms with van der Waals surface area (Å²) in [6.07, 6.45) is -2.76. The van der Waals surface area contributed by atoms with Gasteiger partial charge < -0.3 is 34.7 Å². The van der Waals surface area contributed by atoms with Crippen molar-refractivity contribution >= 4 is 44.9 Å². The van der Waals surface area contributed by atoms with Crippen molar-refractivity contribution in [1.82, 2.24) is 10.2 Å². The third kappa shape index (κ3) is 8.88. The van der Waals surface area contributed by atoms with Crippen molar-refractivity contribution in [2.75, 3.05) is 19.8 Å². The SMILES string of the molecule is CCC[C@@H]1C[C@@H](C(=O)N[C@@H]([C@H]2O[C@H](SC)[C@H](OP(=O)(O)O)[C@@H](O)[C@H]2OP(=O)(O)O)[C@H](C)Cl)N(C)C1. The number of carbonyl (C=O) groups excluding carboxylic acids is 1. The highest BCUT2D eigenvalue weighted by Gasteiger charge is 2.54. The number of ether oxygens (including phenoxy) is 1. The minimum Gasteiger partial charge on any atom is -0.387 e. The Hall–Kier alpha value is 0.210. The second-order valence-corrected chi connectivity index (χ2v) is 12.9. The van der Waals surface area contributed by atoms with Crippen molar-refractivity contribution in [3.05, 3.63) is 0 Å². The lowest BCUT2D eigenvalue weighted by molar-refractivity contribution is -0.197. The summed E-state index contributed by atoms with van der Waals surface area (Å²) >= 11 is 7.30. The maximum atomic E-state index is 13.2. The number of rotatable bonds is 11. The van der Waals surface area contributed by atoms with E-state index in [0.717, 1.165) is 31.1 Å². The first-order valence-electron chi connectivity index (χ1n) is 11.1. The molecule has 2 aliphatic heterocycles. The first-order chi connectivity index (χ1) is 16.1. The maximum Gasteiger partial charge on any atom is 0.470 e. The molecule has 0 aromatic rings. The summed E-state index contributed by atoms with van der Waals surface area (Å²) in [5, 5.41) is 12.8. The molecule has 1 amide bonds. The zero-order valence-corrected chi connectivity index (χ0v) is 23.2. The molecule has 206 valence electrons. The first-order valence-corrected chi connectivity index (χ1v) is 15.8. The number of hydrogen-bond donors (Lipinski definition) is 6. The van der Waals surface area contributed by atoms with Gasteiger partial charge in [-0.15, -0.1) is 23.4 Å². The Labute approximate surface area is 213 Å². The third-order valence-electron chi connectivity index (χ3n) is 6.10. The number of alkyl halides is 1. The lowest BCUT2D eigenvalue weighted by atomic mass is 9.92. The molecule has 0 bridgehead atoms. The Bertz CT molecular complexity index is 815. The molecule has 2 aliphatic rings. The zero-order chi connectivity index (χ0) is 26.7. The minimum atomic E-state index is -5.23. The molecular weight excluding hydrogens is 550 g/mol. The quantitative estimate of drug-likeness (QED) is 0.146. The predicted octanol–water partition coefficient (Wildman–Crippen LogP) is 0.623. The summed E-state index contributed by atoms with van der Waals surface area (Å²) in [4.78, 5) is 52.5. The molecule has 9 atom stereocenters. The van der Waals surface area contributed by atoms with Crippen LogP contribution in [0.3, 0.4) is 0 Å². The summed E-state index contributed by atoms with van der Waals surface area (Å²) in [7, 11) is -8.52. The first kappa shape index (κ1) is 31.4. The molecule has 0 spiro atoms. The van der Waals surface area contributed by atoms with Crippen molar-refractivity contribution in [1.29, 1.82) is 0 Å².